The predicted molar refractivity (Wildman–Crippen MR) is 55.1 cm³/mol. The summed E-state index contributed by atoms with van der Waals surface area (Å²) >= 11 is 0. The van der Waals surface area contributed by atoms with Gasteiger partial charge in [-0.1, -0.05) is 6.07 Å². The molecule has 5 nitrogen and oxygen atoms in total. The second-order valence-electron chi connectivity index (χ2n) is 3.25. The van der Waals surface area contributed by atoms with Gasteiger partial charge in [-0.05, 0) is 24.6 Å². The Labute approximate surface area is 86.3 Å². The lowest BCUT2D eigenvalue weighted by atomic mass is 10.0. The van der Waals surface area contributed by atoms with Crippen molar-refractivity contribution in [3.63, 3.8) is 0 Å². The van der Waals surface area contributed by atoms with Crippen LogP contribution >= 0.6 is 0 Å². The summed E-state index contributed by atoms with van der Waals surface area (Å²) < 4.78 is 0. The van der Waals surface area contributed by atoms with Crippen LogP contribution in [0.2, 0.25) is 0 Å². The molecule has 0 radical (unpaired) electrons. The second kappa shape index (κ2) is 3.53. The summed E-state index contributed by atoms with van der Waals surface area (Å²) in [4.78, 5) is 11.0. The highest BCUT2D eigenvalue weighted by Gasteiger charge is 2.07. The molecule has 2 aromatic rings. The molecular weight excluding hydrogens is 192 g/mol. The normalized spacial score (nSPS) is 10.2. The first-order valence-corrected chi connectivity index (χ1v) is 4.45. The number of carbonyl (C=O) groups is 1. The zero-order valence-corrected chi connectivity index (χ0v) is 8.19. The van der Waals surface area contributed by atoms with E-state index in [-0.39, 0.29) is 0 Å². The fourth-order valence-corrected chi connectivity index (χ4v) is 1.44. The third-order valence-electron chi connectivity index (χ3n) is 2.20. The van der Waals surface area contributed by atoms with Crippen molar-refractivity contribution in [3.05, 3.63) is 35.5 Å². The Kier molecular flexibility index (Phi) is 2.21. The number of aromatic nitrogens is 3. The van der Waals surface area contributed by atoms with Crippen LogP contribution in [0.4, 0.5) is 0 Å². The summed E-state index contributed by atoms with van der Waals surface area (Å²) in [5.74, 6) is -0.417. The van der Waals surface area contributed by atoms with Crippen LogP contribution in [-0.4, -0.2) is 21.3 Å². The van der Waals surface area contributed by atoms with Crippen LogP contribution in [-0.2, 0) is 0 Å². The number of nitrogens with zero attached hydrogens (tertiary/aromatic N) is 2. The molecule has 0 fully saturated rings. The van der Waals surface area contributed by atoms with Crippen molar-refractivity contribution in [2.75, 3.05) is 0 Å². The minimum Gasteiger partial charge on any atom is -0.366 e. The smallest absolute Gasteiger partial charge is 0.248 e. The Morgan fingerprint density at radius 3 is 2.80 bits per heavy atom. The van der Waals surface area contributed by atoms with Crippen LogP contribution in [0.25, 0.3) is 11.3 Å². The fraction of sp³-hybridized carbons (Fsp3) is 0.100. The van der Waals surface area contributed by atoms with Crippen molar-refractivity contribution < 1.29 is 4.79 Å². The van der Waals surface area contributed by atoms with E-state index in [1.165, 1.54) is 0 Å². The average molecular weight is 202 g/mol. The molecule has 1 amide bonds. The highest BCUT2D eigenvalue weighted by Crippen LogP contribution is 2.19. The molecule has 76 valence electrons. The summed E-state index contributed by atoms with van der Waals surface area (Å²) in [6, 6.07) is 5.35. The van der Waals surface area contributed by atoms with E-state index in [2.05, 4.69) is 15.4 Å². The van der Waals surface area contributed by atoms with Crippen LogP contribution < -0.4 is 5.73 Å². The van der Waals surface area contributed by atoms with Gasteiger partial charge in [0.1, 0.15) is 5.69 Å². The van der Waals surface area contributed by atoms with Crippen LogP contribution in [0.15, 0.2) is 24.4 Å². The molecule has 0 unspecified atom stereocenters. The topological polar surface area (TPSA) is 84.7 Å². The van der Waals surface area contributed by atoms with Crippen LogP contribution in [0.5, 0.6) is 0 Å². The van der Waals surface area contributed by atoms with Crippen LogP contribution in [0.1, 0.15) is 15.9 Å². The van der Waals surface area contributed by atoms with Gasteiger partial charge in [0.25, 0.3) is 0 Å². The molecule has 1 aromatic heterocycles. The van der Waals surface area contributed by atoms with Gasteiger partial charge in [0.2, 0.25) is 5.91 Å². The monoisotopic (exact) mass is 202 g/mol. The van der Waals surface area contributed by atoms with Gasteiger partial charge in [0.05, 0.1) is 6.20 Å². The number of benzene rings is 1. The highest BCUT2D eigenvalue weighted by molar-refractivity contribution is 5.94. The lowest BCUT2D eigenvalue weighted by Crippen LogP contribution is -2.12. The van der Waals surface area contributed by atoms with Gasteiger partial charge < -0.3 is 5.73 Å². The van der Waals surface area contributed by atoms with Gasteiger partial charge in [-0.2, -0.15) is 15.4 Å². The summed E-state index contributed by atoms with van der Waals surface area (Å²) in [5, 5.41) is 10.2. The zero-order chi connectivity index (χ0) is 10.8. The number of amides is 1. The Morgan fingerprint density at radius 1 is 1.47 bits per heavy atom. The molecule has 0 spiro atoms. The van der Waals surface area contributed by atoms with Gasteiger partial charge in [-0.3, -0.25) is 4.79 Å². The van der Waals surface area contributed by atoms with E-state index in [1.807, 2.05) is 13.0 Å². The van der Waals surface area contributed by atoms with Crippen LogP contribution in [0, 0.1) is 6.92 Å². The number of rotatable bonds is 2. The Bertz CT molecular complexity index is 490. The van der Waals surface area contributed by atoms with Crippen molar-refractivity contribution in [2.45, 2.75) is 6.92 Å². The van der Waals surface area contributed by atoms with E-state index in [1.54, 1.807) is 18.3 Å². The molecule has 5 heteroatoms. The number of nitrogens with one attached hydrogen (secondary N) is 1. The van der Waals surface area contributed by atoms with E-state index in [0.29, 0.717) is 5.56 Å². The molecule has 1 aromatic carbocycles. The van der Waals surface area contributed by atoms with Gasteiger partial charge >= 0.3 is 0 Å². The molecule has 1 heterocycles. The largest absolute Gasteiger partial charge is 0.366 e. The van der Waals surface area contributed by atoms with Gasteiger partial charge in [0, 0.05) is 11.1 Å². The van der Waals surface area contributed by atoms with Crippen molar-refractivity contribution >= 4 is 5.91 Å². The molecule has 3 N–H and O–H groups in total. The van der Waals surface area contributed by atoms with Crippen molar-refractivity contribution in [2.24, 2.45) is 5.73 Å². The van der Waals surface area contributed by atoms with Gasteiger partial charge in [0.15, 0.2) is 0 Å². The first-order chi connectivity index (χ1) is 7.18. The third-order valence-corrected chi connectivity index (χ3v) is 2.20. The SMILES string of the molecule is Cc1cc(-c2cn[nH]n2)ccc1C(N)=O. The summed E-state index contributed by atoms with van der Waals surface area (Å²) in [7, 11) is 0. The number of hydrogen-bond donors (Lipinski definition) is 2. The molecule has 0 atom stereocenters. The van der Waals surface area contributed by atoms with E-state index >= 15 is 0 Å². The number of primary amides is 1. The molecule has 0 bridgehead atoms. The molecule has 2 rings (SSSR count). The third kappa shape index (κ3) is 1.71. The second-order valence-corrected chi connectivity index (χ2v) is 3.25. The summed E-state index contributed by atoms with van der Waals surface area (Å²) in [5.41, 5.74) is 8.23. The molecule has 0 aliphatic carbocycles. The number of aromatic amines is 1. The predicted octanol–water partition coefficient (Wildman–Crippen LogP) is 0.879. The lowest BCUT2D eigenvalue weighted by Gasteiger charge is -2.03. The van der Waals surface area contributed by atoms with Crippen molar-refractivity contribution in [1.29, 1.82) is 0 Å². The molecule has 0 saturated carbocycles. The number of carbonyl (C=O) groups excluding carboxylic acids is 1. The van der Waals surface area contributed by atoms with Crippen LogP contribution in [0.3, 0.4) is 0 Å². The number of aryl methyl sites for hydroxylation is 1. The zero-order valence-electron chi connectivity index (χ0n) is 8.19. The maximum absolute atomic E-state index is 11.0. The maximum atomic E-state index is 11.0. The highest BCUT2D eigenvalue weighted by atomic mass is 16.1. The van der Waals surface area contributed by atoms with E-state index in [4.69, 9.17) is 5.73 Å². The Hall–Kier alpha value is -2.17. The Morgan fingerprint density at radius 2 is 2.27 bits per heavy atom. The standard InChI is InChI=1S/C10H10N4O/c1-6-4-7(9-5-12-14-13-9)2-3-8(6)10(11)15/h2-5H,1H3,(H2,11,15)(H,12,13,14). The summed E-state index contributed by atoms with van der Waals surface area (Å²) in [6.45, 7) is 1.84. The van der Waals surface area contributed by atoms with Crippen molar-refractivity contribution in [3.8, 4) is 11.3 Å². The number of hydrogen-bond acceptors (Lipinski definition) is 3. The maximum Gasteiger partial charge on any atom is 0.248 e. The van der Waals surface area contributed by atoms with E-state index in [0.717, 1.165) is 16.8 Å². The molecule has 15 heavy (non-hydrogen) atoms. The van der Waals surface area contributed by atoms with Crippen molar-refractivity contribution in [1.82, 2.24) is 15.4 Å². The first-order valence-electron chi connectivity index (χ1n) is 4.45. The lowest BCUT2D eigenvalue weighted by molar-refractivity contribution is 0.1000. The Balaban J connectivity index is 2.47. The fourth-order valence-electron chi connectivity index (χ4n) is 1.44. The quantitative estimate of drug-likeness (QED) is 0.758. The first kappa shape index (κ1) is 9.39. The van der Waals surface area contributed by atoms with Gasteiger partial charge in [-0.25, -0.2) is 0 Å². The van der Waals surface area contributed by atoms with E-state index in [9.17, 15) is 4.79 Å². The molecular formula is C10H10N4O. The van der Waals surface area contributed by atoms with E-state index < -0.39 is 5.91 Å². The van der Waals surface area contributed by atoms with Gasteiger partial charge in [-0.15, -0.1) is 0 Å². The molecule has 0 aliphatic rings. The number of H-pyrrole nitrogens is 1. The average Bonchev–Trinajstić information content (AvgIpc) is 2.69. The molecule has 0 saturated heterocycles. The molecule has 0 aliphatic heterocycles. The minimum absolute atomic E-state index is 0.417. The summed E-state index contributed by atoms with van der Waals surface area (Å²) in [6.07, 6.45) is 1.62. The number of nitrogens with two attached hydrogens (primary N) is 1. The minimum atomic E-state index is -0.417.